The Bertz CT molecular complexity index is 605. The van der Waals surface area contributed by atoms with Crippen molar-refractivity contribution >= 4 is 6.29 Å². The van der Waals surface area contributed by atoms with Crippen LogP contribution in [0, 0.1) is 6.92 Å². The number of aldehydes is 1. The Hall–Kier alpha value is -2.18. The molecule has 19 heavy (non-hydrogen) atoms. The molecule has 0 N–H and O–H groups in total. The maximum Gasteiger partial charge on any atom is 0.408 e. The number of aryl methyl sites for hydroxylation is 1. The minimum Gasteiger partial charge on any atom is -0.298 e. The quantitative estimate of drug-likeness (QED) is 0.805. The number of carbonyl (C=O) groups excluding carboxylic acids is 1. The molecule has 2 heterocycles. The van der Waals surface area contributed by atoms with Gasteiger partial charge in [-0.3, -0.25) is 14.5 Å². The Morgan fingerprint density at radius 1 is 1.42 bits per heavy atom. The number of rotatable bonds is 3. The predicted octanol–water partition coefficient (Wildman–Crippen LogP) is 2.63. The van der Waals surface area contributed by atoms with Gasteiger partial charge in [-0.2, -0.15) is 18.3 Å². The molecule has 2 aromatic heterocycles. The highest BCUT2D eigenvalue weighted by atomic mass is 19.4. The standard InChI is InChI=1S/C12H10F3N3O/c1-8-10(5-18(17-8)7-12(13,14)15)11-9(6-19)3-2-4-16-11/h2-6H,7H2,1H3. The van der Waals surface area contributed by atoms with Gasteiger partial charge in [0.15, 0.2) is 6.29 Å². The fourth-order valence-corrected chi connectivity index (χ4v) is 1.75. The number of pyridine rings is 1. The van der Waals surface area contributed by atoms with E-state index >= 15 is 0 Å². The van der Waals surface area contributed by atoms with Gasteiger partial charge in [0.25, 0.3) is 0 Å². The van der Waals surface area contributed by atoms with Gasteiger partial charge in [-0.05, 0) is 19.1 Å². The highest BCUT2D eigenvalue weighted by molar-refractivity contribution is 5.85. The minimum atomic E-state index is -4.34. The van der Waals surface area contributed by atoms with E-state index in [0.717, 1.165) is 4.68 Å². The Labute approximate surface area is 106 Å². The van der Waals surface area contributed by atoms with Gasteiger partial charge in [0.05, 0.1) is 11.4 Å². The van der Waals surface area contributed by atoms with Crippen LogP contribution in [0.3, 0.4) is 0 Å². The van der Waals surface area contributed by atoms with Gasteiger partial charge < -0.3 is 0 Å². The molecule has 0 aromatic carbocycles. The van der Waals surface area contributed by atoms with E-state index in [4.69, 9.17) is 0 Å². The van der Waals surface area contributed by atoms with Gasteiger partial charge in [-0.1, -0.05) is 0 Å². The second kappa shape index (κ2) is 4.83. The Morgan fingerprint density at radius 2 is 2.16 bits per heavy atom. The molecule has 0 spiro atoms. The summed E-state index contributed by atoms with van der Waals surface area (Å²) < 4.78 is 37.7. The SMILES string of the molecule is Cc1nn(CC(F)(F)F)cc1-c1ncccc1C=O. The highest BCUT2D eigenvalue weighted by Gasteiger charge is 2.29. The fourth-order valence-electron chi connectivity index (χ4n) is 1.75. The topological polar surface area (TPSA) is 47.8 Å². The first-order valence-electron chi connectivity index (χ1n) is 5.42. The van der Waals surface area contributed by atoms with E-state index in [9.17, 15) is 18.0 Å². The van der Waals surface area contributed by atoms with E-state index in [-0.39, 0.29) is 0 Å². The molecule has 0 atom stereocenters. The van der Waals surface area contributed by atoms with Gasteiger partial charge in [-0.15, -0.1) is 0 Å². The van der Waals surface area contributed by atoms with Crippen molar-refractivity contribution in [2.45, 2.75) is 19.6 Å². The van der Waals surface area contributed by atoms with Crippen LogP contribution in [-0.2, 0) is 6.54 Å². The summed E-state index contributed by atoms with van der Waals surface area (Å²) in [5.74, 6) is 0. The first-order valence-corrected chi connectivity index (χ1v) is 5.42. The van der Waals surface area contributed by atoms with Crippen molar-refractivity contribution in [2.75, 3.05) is 0 Å². The van der Waals surface area contributed by atoms with Crippen molar-refractivity contribution in [1.29, 1.82) is 0 Å². The third-order valence-electron chi connectivity index (χ3n) is 2.51. The summed E-state index contributed by atoms with van der Waals surface area (Å²) in [5, 5.41) is 3.79. The van der Waals surface area contributed by atoms with Crippen molar-refractivity contribution in [3.05, 3.63) is 35.8 Å². The Balaban J connectivity index is 2.43. The highest BCUT2D eigenvalue weighted by Crippen LogP contribution is 2.25. The van der Waals surface area contributed by atoms with Crippen LogP contribution in [-0.4, -0.2) is 27.2 Å². The molecule has 0 radical (unpaired) electrons. The largest absolute Gasteiger partial charge is 0.408 e. The van der Waals surface area contributed by atoms with Crippen molar-refractivity contribution in [3.63, 3.8) is 0 Å². The molecular formula is C12H10F3N3O. The monoisotopic (exact) mass is 269 g/mol. The third-order valence-corrected chi connectivity index (χ3v) is 2.51. The molecule has 0 saturated carbocycles. The lowest BCUT2D eigenvalue weighted by molar-refractivity contribution is -0.142. The number of alkyl halides is 3. The van der Waals surface area contributed by atoms with E-state index in [2.05, 4.69) is 10.1 Å². The van der Waals surface area contributed by atoms with Crippen LogP contribution in [0.1, 0.15) is 16.1 Å². The van der Waals surface area contributed by atoms with Gasteiger partial charge in [0.2, 0.25) is 0 Å². The molecule has 0 fully saturated rings. The van der Waals surface area contributed by atoms with Crippen LogP contribution in [0.4, 0.5) is 13.2 Å². The average molecular weight is 269 g/mol. The van der Waals surface area contributed by atoms with Gasteiger partial charge in [-0.25, -0.2) is 0 Å². The molecule has 0 aliphatic rings. The molecular weight excluding hydrogens is 259 g/mol. The number of hydrogen-bond acceptors (Lipinski definition) is 3. The van der Waals surface area contributed by atoms with Crippen molar-refractivity contribution in [1.82, 2.24) is 14.8 Å². The second-order valence-corrected chi connectivity index (χ2v) is 4.00. The molecule has 4 nitrogen and oxygen atoms in total. The van der Waals surface area contributed by atoms with Crippen LogP contribution >= 0.6 is 0 Å². The van der Waals surface area contributed by atoms with E-state index in [1.54, 1.807) is 19.1 Å². The van der Waals surface area contributed by atoms with Crippen molar-refractivity contribution in [2.24, 2.45) is 0 Å². The molecule has 0 aliphatic carbocycles. The average Bonchev–Trinajstić information content (AvgIpc) is 2.67. The molecule has 0 aliphatic heterocycles. The number of hydrogen-bond donors (Lipinski definition) is 0. The molecule has 100 valence electrons. The Kier molecular flexibility index (Phi) is 3.37. The second-order valence-electron chi connectivity index (χ2n) is 4.00. The summed E-state index contributed by atoms with van der Waals surface area (Å²) in [6.45, 7) is 0.405. The van der Waals surface area contributed by atoms with Crippen LogP contribution in [0.25, 0.3) is 11.3 Å². The van der Waals surface area contributed by atoms with E-state index in [1.165, 1.54) is 12.4 Å². The number of nitrogens with zero attached hydrogens (tertiary/aromatic N) is 3. The molecule has 0 bridgehead atoms. The maximum atomic E-state index is 12.3. The molecule has 7 heteroatoms. The van der Waals surface area contributed by atoms with E-state index in [1.807, 2.05) is 0 Å². The van der Waals surface area contributed by atoms with Crippen LogP contribution in [0.15, 0.2) is 24.5 Å². The van der Waals surface area contributed by atoms with Gasteiger partial charge >= 0.3 is 6.18 Å². The molecule has 0 amide bonds. The van der Waals surface area contributed by atoms with Crippen LogP contribution in [0.5, 0.6) is 0 Å². The lowest BCUT2D eigenvalue weighted by Crippen LogP contribution is -2.17. The van der Waals surface area contributed by atoms with Gasteiger partial charge in [0.1, 0.15) is 6.54 Å². The number of aromatic nitrogens is 3. The van der Waals surface area contributed by atoms with E-state index in [0.29, 0.717) is 28.8 Å². The molecule has 2 aromatic rings. The summed E-state index contributed by atoms with van der Waals surface area (Å²) in [7, 11) is 0. The van der Waals surface area contributed by atoms with E-state index < -0.39 is 12.7 Å². The minimum absolute atomic E-state index is 0.317. The summed E-state index contributed by atoms with van der Waals surface area (Å²) in [5.41, 5.74) is 1.47. The first-order chi connectivity index (χ1) is 8.90. The zero-order chi connectivity index (χ0) is 14.0. The smallest absolute Gasteiger partial charge is 0.298 e. The fraction of sp³-hybridized carbons (Fsp3) is 0.250. The first kappa shape index (κ1) is 13.3. The molecule has 0 saturated heterocycles. The zero-order valence-electron chi connectivity index (χ0n) is 9.98. The normalized spacial score (nSPS) is 11.6. The summed E-state index contributed by atoms with van der Waals surface area (Å²) >= 11 is 0. The Morgan fingerprint density at radius 3 is 2.79 bits per heavy atom. The number of halogens is 3. The maximum absolute atomic E-state index is 12.3. The molecule has 2 rings (SSSR count). The summed E-state index contributed by atoms with van der Waals surface area (Å²) in [6, 6.07) is 3.14. The van der Waals surface area contributed by atoms with Crippen molar-refractivity contribution < 1.29 is 18.0 Å². The number of carbonyl (C=O) groups is 1. The summed E-state index contributed by atoms with van der Waals surface area (Å²) in [4.78, 5) is 14.9. The van der Waals surface area contributed by atoms with Crippen LogP contribution < -0.4 is 0 Å². The van der Waals surface area contributed by atoms with Crippen molar-refractivity contribution in [3.8, 4) is 11.3 Å². The zero-order valence-corrected chi connectivity index (χ0v) is 9.98. The molecule has 0 unspecified atom stereocenters. The predicted molar refractivity (Wildman–Crippen MR) is 61.6 cm³/mol. The lowest BCUT2D eigenvalue weighted by atomic mass is 10.1. The van der Waals surface area contributed by atoms with Gasteiger partial charge in [0, 0.05) is 23.5 Å². The van der Waals surface area contributed by atoms with Crippen LogP contribution in [0.2, 0.25) is 0 Å². The summed E-state index contributed by atoms with van der Waals surface area (Å²) in [6.07, 6.45) is -1.00. The third kappa shape index (κ3) is 2.98. The lowest BCUT2D eigenvalue weighted by Gasteiger charge is -2.05.